The van der Waals surface area contributed by atoms with Gasteiger partial charge in [0.25, 0.3) is 0 Å². The first-order valence-electron chi connectivity index (χ1n) is 10.3. The van der Waals surface area contributed by atoms with Crippen LogP contribution in [0, 0.1) is 0 Å². The van der Waals surface area contributed by atoms with Gasteiger partial charge in [0.05, 0.1) is 0 Å². The summed E-state index contributed by atoms with van der Waals surface area (Å²) >= 11 is 0. The maximum absolute atomic E-state index is 2.41. The molecule has 5 rings (SSSR count). The summed E-state index contributed by atoms with van der Waals surface area (Å²) in [6.45, 7) is 7.09. The minimum atomic E-state index is -0.00763. The first kappa shape index (κ1) is 17.3. The van der Waals surface area contributed by atoms with E-state index in [-0.39, 0.29) is 5.41 Å². The quantitative estimate of drug-likeness (QED) is 0.440. The maximum Gasteiger partial charge on any atom is 0.0162 e. The third-order valence-corrected chi connectivity index (χ3v) is 6.50. The first-order chi connectivity index (χ1) is 13.6. The van der Waals surface area contributed by atoms with Gasteiger partial charge in [-0.25, -0.2) is 0 Å². The average molecular weight is 363 g/mol. The largest absolute Gasteiger partial charge is 0.0839 e. The molecule has 0 heteroatoms. The molecule has 0 saturated carbocycles. The number of rotatable bonds is 2. The van der Waals surface area contributed by atoms with E-state index in [4.69, 9.17) is 0 Å². The molecule has 0 saturated heterocycles. The van der Waals surface area contributed by atoms with Crippen molar-refractivity contribution in [2.45, 2.75) is 39.0 Å². The van der Waals surface area contributed by atoms with E-state index in [2.05, 4.69) is 99.7 Å². The van der Waals surface area contributed by atoms with Crippen molar-refractivity contribution in [2.24, 2.45) is 0 Å². The zero-order chi connectivity index (χ0) is 19.3. The fourth-order valence-corrected chi connectivity index (χ4v) is 5.16. The lowest BCUT2D eigenvalue weighted by atomic mass is 9.74. The van der Waals surface area contributed by atoms with Crippen LogP contribution < -0.4 is 0 Å². The first-order valence-corrected chi connectivity index (χ1v) is 10.3. The van der Waals surface area contributed by atoms with Crippen molar-refractivity contribution in [3.8, 4) is 0 Å². The lowest BCUT2D eigenvalue weighted by Gasteiger charge is -2.29. The summed E-state index contributed by atoms with van der Waals surface area (Å²) in [6, 6.07) is 24.5. The fourth-order valence-electron chi connectivity index (χ4n) is 5.16. The van der Waals surface area contributed by atoms with Crippen LogP contribution in [0.3, 0.4) is 0 Å². The third-order valence-electron chi connectivity index (χ3n) is 6.50. The molecule has 0 aromatic heterocycles. The molecular formula is C28H26. The van der Waals surface area contributed by atoms with Gasteiger partial charge in [0.1, 0.15) is 0 Å². The van der Waals surface area contributed by atoms with Crippen LogP contribution in [0.1, 0.15) is 50.3 Å². The number of hydrogen-bond acceptors (Lipinski definition) is 0. The molecule has 0 radical (unpaired) electrons. The van der Waals surface area contributed by atoms with E-state index in [1.165, 1.54) is 49.8 Å². The molecule has 0 bridgehead atoms. The van der Waals surface area contributed by atoms with Gasteiger partial charge in [0, 0.05) is 5.41 Å². The van der Waals surface area contributed by atoms with Gasteiger partial charge in [-0.3, -0.25) is 0 Å². The van der Waals surface area contributed by atoms with Crippen molar-refractivity contribution < 1.29 is 0 Å². The van der Waals surface area contributed by atoms with E-state index >= 15 is 0 Å². The normalized spacial score (nSPS) is 18.1. The number of fused-ring (bicyclic) bond motifs is 3. The van der Waals surface area contributed by atoms with Crippen LogP contribution in [0.5, 0.6) is 0 Å². The Labute approximate surface area is 167 Å². The minimum absolute atomic E-state index is 0.00763. The number of benzene rings is 3. The summed E-state index contributed by atoms with van der Waals surface area (Å²) in [4.78, 5) is 0. The van der Waals surface area contributed by atoms with Gasteiger partial charge in [-0.2, -0.15) is 0 Å². The van der Waals surface area contributed by atoms with Gasteiger partial charge in [0.15, 0.2) is 0 Å². The predicted molar refractivity (Wildman–Crippen MR) is 121 cm³/mol. The topological polar surface area (TPSA) is 0 Å². The zero-order valence-electron chi connectivity index (χ0n) is 16.9. The molecule has 0 spiro atoms. The third kappa shape index (κ3) is 2.44. The lowest BCUT2D eigenvalue weighted by Crippen LogP contribution is -2.20. The molecule has 0 amide bonds. The summed E-state index contributed by atoms with van der Waals surface area (Å²) in [5.41, 5.74) is 10.1. The number of hydrogen-bond donors (Lipinski definition) is 0. The molecule has 0 atom stereocenters. The van der Waals surface area contributed by atoms with Crippen molar-refractivity contribution in [2.75, 3.05) is 0 Å². The maximum atomic E-state index is 2.41. The Morgan fingerprint density at radius 1 is 0.821 bits per heavy atom. The molecule has 2 aliphatic carbocycles. The highest BCUT2D eigenvalue weighted by molar-refractivity contribution is 6.04. The average Bonchev–Trinajstić information content (AvgIpc) is 2.96. The van der Waals surface area contributed by atoms with Gasteiger partial charge in [0.2, 0.25) is 0 Å². The van der Waals surface area contributed by atoms with Crippen LogP contribution in [0.15, 0.2) is 95.6 Å². The second-order valence-corrected chi connectivity index (χ2v) is 8.55. The van der Waals surface area contributed by atoms with Crippen LogP contribution in [-0.4, -0.2) is 0 Å². The Bertz CT molecular complexity index is 1170. The molecule has 28 heavy (non-hydrogen) atoms. The fraction of sp³-hybridized carbons (Fsp3) is 0.214. The SMILES string of the molecule is CC1=C(C2=C(c3ccccc3)c3c(ccc4ccccc34)C2(C)C)CCC=C1. The highest BCUT2D eigenvalue weighted by Crippen LogP contribution is 2.54. The summed E-state index contributed by atoms with van der Waals surface area (Å²) in [5, 5.41) is 2.69. The second-order valence-electron chi connectivity index (χ2n) is 8.55. The highest BCUT2D eigenvalue weighted by Gasteiger charge is 2.40. The molecule has 0 N–H and O–H groups in total. The van der Waals surface area contributed by atoms with Gasteiger partial charge in [-0.05, 0) is 69.5 Å². The molecule has 0 fully saturated rings. The highest BCUT2D eigenvalue weighted by atomic mass is 14.4. The Balaban J connectivity index is 1.94. The molecule has 0 heterocycles. The van der Waals surface area contributed by atoms with Crippen LogP contribution in [0.4, 0.5) is 0 Å². The molecule has 0 nitrogen and oxygen atoms in total. The summed E-state index contributed by atoms with van der Waals surface area (Å²) in [5.74, 6) is 0. The second kappa shape index (κ2) is 6.34. The predicted octanol–water partition coefficient (Wildman–Crippen LogP) is 7.60. The van der Waals surface area contributed by atoms with Crippen LogP contribution in [0.2, 0.25) is 0 Å². The van der Waals surface area contributed by atoms with E-state index in [1.54, 1.807) is 0 Å². The van der Waals surface area contributed by atoms with Gasteiger partial charge in [-0.15, -0.1) is 0 Å². The van der Waals surface area contributed by atoms with E-state index in [0.29, 0.717) is 0 Å². The molecule has 3 aromatic carbocycles. The van der Waals surface area contributed by atoms with E-state index in [0.717, 1.165) is 12.8 Å². The summed E-state index contributed by atoms with van der Waals surface area (Å²) in [6.07, 6.45) is 6.88. The van der Waals surface area contributed by atoms with Gasteiger partial charge in [-0.1, -0.05) is 92.7 Å². The Morgan fingerprint density at radius 3 is 2.36 bits per heavy atom. The molecule has 0 aliphatic heterocycles. The Morgan fingerprint density at radius 2 is 1.57 bits per heavy atom. The molecule has 0 unspecified atom stereocenters. The lowest BCUT2D eigenvalue weighted by molar-refractivity contribution is 0.636. The van der Waals surface area contributed by atoms with Crippen molar-refractivity contribution in [3.63, 3.8) is 0 Å². The smallest absolute Gasteiger partial charge is 0.0162 e. The van der Waals surface area contributed by atoms with Gasteiger partial charge >= 0.3 is 0 Å². The molecular weight excluding hydrogens is 336 g/mol. The zero-order valence-corrected chi connectivity index (χ0v) is 16.9. The molecule has 2 aliphatic rings. The van der Waals surface area contributed by atoms with Crippen LogP contribution in [0.25, 0.3) is 16.3 Å². The molecule has 3 aromatic rings. The monoisotopic (exact) mass is 362 g/mol. The van der Waals surface area contributed by atoms with Gasteiger partial charge < -0.3 is 0 Å². The Hall–Kier alpha value is -2.86. The van der Waals surface area contributed by atoms with E-state index in [1.807, 2.05) is 0 Å². The molecule has 138 valence electrons. The van der Waals surface area contributed by atoms with Crippen molar-refractivity contribution in [1.29, 1.82) is 0 Å². The summed E-state index contributed by atoms with van der Waals surface area (Å²) < 4.78 is 0. The van der Waals surface area contributed by atoms with Crippen molar-refractivity contribution >= 4 is 16.3 Å². The van der Waals surface area contributed by atoms with Crippen molar-refractivity contribution in [3.05, 3.63) is 112 Å². The van der Waals surface area contributed by atoms with E-state index < -0.39 is 0 Å². The van der Waals surface area contributed by atoms with Crippen molar-refractivity contribution in [1.82, 2.24) is 0 Å². The summed E-state index contributed by atoms with van der Waals surface area (Å²) in [7, 11) is 0. The van der Waals surface area contributed by atoms with Crippen LogP contribution in [-0.2, 0) is 5.41 Å². The number of allylic oxidation sites excluding steroid dienone is 5. The van der Waals surface area contributed by atoms with Crippen LogP contribution >= 0.6 is 0 Å². The van der Waals surface area contributed by atoms with E-state index in [9.17, 15) is 0 Å². The standard InChI is InChI=1S/C28H26/c1-19-11-7-9-15-22(19)27-25(21-13-5-4-6-14-21)26-23-16-10-8-12-20(23)17-18-24(26)28(27,2)3/h4-8,10-14,16-18H,9,15H2,1-3H3. The Kier molecular flexibility index (Phi) is 3.91. The minimum Gasteiger partial charge on any atom is -0.0839 e.